The molecule has 0 radical (unpaired) electrons. The molecule has 2 heterocycles. The molecule has 2 aliphatic heterocycles. The second kappa shape index (κ2) is 8.19. The van der Waals surface area contributed by atoms with Gasteiger partial charge in [-0.05, 0) is 57.5 Å². The zero-order valence-corrected chi connectivity index (χ0v) is 14.4. The standard InChI is InChI=1S/C18H34N4/c1-2-19-18(20-10-13-21-11-6-3-7-12-21)22-14-16-8-4-5-9-17(16)15-22/h16-17H,2-15H2,1H3,(H,19,20). The van der Waals surface area contributed by atoms with Crippen LogP contribution in [0.5, 0.6) is 0 Å². The molecule has 4 heteroatoms. The second-order valence-electron chi connectivity index (χ2n) is 7.35. The van der Waals surface area contributed by atoms with Crippen LogP contribution in [-0.4, -0.2) is 61.6 Å². The Morgan fingerprint density at radius 1 is 1.00 bits per heavy atom. The molecule has 0 aromatic carbocycles. The average Bonchev–Trinajstić information content (AvgIpc) is 2.99. The van der Waals surface area contributed by atoms with E-state index in [4.69, 9.17) is 4.99 Å². The summed E-state index contributed by atoms with van der Waals surface area (Å²) in [6.07, 6.45) is 9.93. The van der Waals surface area contributed by atoms with Gasteiger partial charge in [0.2, 0.25) is 0 Å². The lowest BCUT2D eigenvalue weighted by atomic mass is 9.82. The third-order valence-corrected chi connectivity index (χ3v) is 5.74. The predicted molar refractivity (Wildman–Crippen MR) is 93.3 cm³/mol. The fourth-order valence-electron chi connectivity index (χ4n) is 4.48. The molecule has 0 bridgehead atoms. The van der Waals surface area contributed by atoms with Crippen molar-refractivity contribution in [1.82, 2.24) is 15.1 Å². The Kier molecular flexibility index (Phi) is 5.99. The van der Waals surface area contributed by atoms with E-state index in [1.807, 2.05) is 0 Å². The molecule has 3 aliphatic rings. The fraction of sp³-hybridized carbons (Fsp3) is 0.944. The van der Waals surface area contributed by atoms with Crippen LogP contribution in [-0.2, 0) is 0 Å². The van der Waals surface area contributed by atoms with Crippen molar-refractivity contribution < 1.29 is 0 Å². The van der Waals surface area contributed by atoms with Gasteiger partial charge >= 0.3 is 0 Å². The predicted octanol–water partition coefficient (Wildman–Crippen LogP) is 2.56. The van der Waals surface area contributed by atoms with Gasteiger partial charge in [-0.15, -0.1) is 0 Å². The van der Waals surface area contributed by atoms with Gasteiger partial charge in [-0.3, -0.25) is 4.99 Å². The molecule has 0 aromatic heterocycles. The van der Waals surface area contributed by atoms with Gasteiger partial charge in [0, 0.05) is 26.2 Å². The minimum atomic E-state index is 0.930. The highest BCUT2D eigenvalue weighted by atomic mass is 15.3. The summed E-state index contributed by atoms with van der Waals surface area (Å²) in [5.74, 6) is 3.04. The molecule has 0 amide bonds. The largest absolute Gasteiger partial charge is 0.357 e. The monoisotopic (exact) mass is 306 g/mol. The van der Waals surface area contributed by atoms with Crippen molar-refractivity contribution in [3.05, 3.63) is 0 Å². The van der Waals surface area contributed by atoms with Gasteiger partial charge in [0.05, 0.1) is 6.54 Å². The van der Waals surface area contributed by atoms with Crippen molar-refractivity contribution in [3.63, 3.8) is 0 Å². The molecule has 1 saturated carbocycles. The molecule has 3 fully saturated rings. The summed E-state index contributed by atoms with van der Waals surface area (Å²) in [4.78, 5) is 10.1. The molecule has 0 spiro atoms. The van der Waals surface area contributed by atoms with E-state index in [-0.39, 0.29) is 0 Å². The highest BCUT2D eigenvalue weighted by Gasteiger charge is 2.35. The van der Waals surface area contributed by atoms with Gasteiger partial charge in [-0.2, -0.15) is 0 Å². The Morgan fingerprint density at radius 2 is 1.68 bits per heavy atom. The molecule has 2 saturated heterocycles. The van der Waals surface area contributed by atoms with Gasteiger partial charge in [0.1, 0.15) is 0 Å². The third kappa shape index (κ3) is 4.15. The number of hydrogen-bond donors (Lipinski definition) is 1. The van der Waals surface area contributed by atoms with Crippen LogP contribution in [0.1, 0.15) is 51.9 Å². The number of likely N-dealkylation sites (tertiary alicyclic amines) is 2. The van der Waals surface area contributed by atoms with Crippen molar-refractivity contribution in [1.29, 1.82) is 0 Å². The average molecular weight is 306 g/mol. The molecule has 2 atom stereocenters. The van der Waals surface area contributed by atoms with Gasteiger partial charge in [-0.25, -0.2) is 0 Å². The van der Waals surface area contributed by atoms with E-state index in [2.05, 4.69) is 22.0 Å². The van der Waals surface area contributed by atoms with Crippen LogP contribution >= 0.6 is 0 Å². The summed E-state index contributed by atoms with van der Waals surface area (Å²) < 4.78 is 0. The summed E-state index contributed by atoms with van der Waals surface area (Å²) in [5, 5.41) is 3.53. The lowest BCUT2D eigenvalue weighted by Gasteiger charge is -2.26. The number of rotatable bonds is 4. The zero-order valence-electron chi connectivity index (χ0n) is 14.4. The smallest absolute Gasteiger partial charge is 0.193 e. The summed E-state index contributed by atoms with van der Waals surface area (Å²) in [6, 6.07) is 0. The number of nitrogens with one attached hydrogen (secondary N) is 1. The Bertz CT molecular complexity index is 348. The number of guanidine groups is 1. The number of aliphatic imine (C=N–C) groups is 1. The number of fused-ring (bicyclic) bond motifs is 1. The summed E-state index contributed by atoms with van der Waals surface area (Å²) in [5.41, 5.74) is 0. The third-order valence-electron chi connectivity index (χ3n) is 5.74. The summed E-state index contributed by atoms with van der Waals surface area (Å²) in [6.45, 7) is 10.3. The van der Waals surface area contributed by atoms with E-state index in [1.165, 1.54) is 77.1 Å². The second-order valence-corrected chi connectivity index (χ2v) is 7.35. The van der Waals surface area contributed by atoms with Crippen molar-refractivity contribution in [2.24, 2.45) is 16.8 Å². The van der Waals surface area contributed by atoms with Crippen LogP contribution < -0.4 is 5.32 Å². The SMILES string of the molecule is CCNC(=NCCN1CCCCC1)N1CC2CCCCC2C1. The molecule has 2 unspecified atom stereocenters. The Morgan fingerprint density at radius 3 is 2.32 bits per heavy atom. The Labute approximate surface area is 136 Å². The van der Waals surface area contributed by atoms with E-state index >= 15 is 0 Å². The van der Waals surface area contributed by atoms with Crippen LogP contribution in [0.25, 0.3) is 0 Å². The summed E-state index contributed by atoms with van der Waals surface area (Å²) >= 11 is 0. The molecule has 0 aromatic rings. The van der Waals surface area contributed by atoms with Crippen LogP contribution in [0.3, 0.4) is 0 Å². The first kappa shape index (κ1) is 16.1. The highest BCUT2D eigenvalue weighted by molar-refractivity contribution is 5.80. The molecule has 22 heavy (non-hydrogen) atoms. The van der Waals surface area contributed by atoms with Gasteiger partial charge in [0.15, 0.2) is 5.96 Å². The number of piperidine rings is 1. The van der Waals surface area contributed by atoms with Crippen molar-refractivity contribution in [2.45, 2.75) is 51.9 Å². The van der Waals surface area contributed by atoms with Crippen LogP contribution in [0.4, 0.5) is 0 Å². The van der Waals surface area contributed by atoms with Crippen molar-refractivity contribution >= 4 is 5.96 Å². The van der Waals surface area contributed by atoms with Gasteiger partial charge < -0.3 is 15.1 Å². The maximum atomic E-state index is 4.94. The maximum Gasteiger partial charge on any atom is 0.193 e. The van der Waals surface area contributed by atoms with Crippen LogP contribution in [0.15, 0.2) is 4.99 Å². The van der Waals surface area contributed by atoms with E-state index < -0.39 is 0 Å². The molecular weight excluding hydrogens is 272 g/mol. The highest BCUT2D eigenvalue weighted by Crippen LogP contribution is 2.35. The zero-order chi connectivity index (χ0) is 15.2. The maximum absolute atomic E-state index is 4.94. The lowest BCUT2D eigenvalue weighted by molar-refractivity contribution is 0.235. The van der Waals surface area contributed by atoms with E-state index in [0.29, 0.717) is 0 Å². The van der Waals surface area contributed by atoms with E-state index in [9.17, 15) is 0 Å². The number of hydrogen-bond acceptors (Lipinski definition) is 2. The molecule has 126 valence electrons. The molecular formula is C18H34N4. The fourth-order valence-corrected chi connectivity index (χ4v) is 4.48. The minimum absolute atomic E-state index is 0.930. The lowest BCUT2D eigenvalue weighted by Crippen LogP contribution is -2.41. The van der Waals surface area contributed by atoms with E-state index in [1.54, 1.807) is 0 Å². The quantitative estimate of drug-likeness (QED) is 0.640. The Hall–Kier alpha value is -0.770. The first-order valence-corrected chi connectivity index (χ1v) is 9.62. The van der Waals surface area contributed by atoms with Gasteiger partial charge in [-0.1, -0.05) is 19.3 Å². The van der Waals surface area contributed by atoms with Crippen molar-refractivity contribution in [3.8, 4) is 0 Å². The Balaban J connectivity index is 1.51. The van der Waals surface area contributed by atoms with Crippen molar-refractivity contribution in [2.75, 3.05) is 45.8 Å². The molecule has 1 N–H and O–H groups in total. The summed E-state index contributed by atoms with van der Waals surface area (Å²) in [7, 11) is 0. The minimum Gasteiger partial charge on any atom is -0.357 e. The van der Waals surface area contributed by atoms with E-state index in [0.717, 1.165) is 31.5 Å². The molecule has 1 aliphatic carbocycles. The van der Waals surface area contributed by atoms with Crippen LogP contribution in [0.2, 0.25) is 0 Å². The topological polar surface area (TPSA) is 30.9 Å². The molecule has 4 nitrogen and oxygen atoms in total. The van der Waals surface area contributed by atoms with Crippen LogP contribution in [0, 0.1) is 11.8 Å². The first-order chi connectivity index (χ1) is 10.9. The molecule has 3 rings (SSSR count). The number of nitrogens with zero attached hydrogens (tertiary/aromatic N) is 3. The first-order valence-electron chi connectivity index (χ1n) is 9.62. The normalized spacial score (nSPS) is 30.4. The van der Waals surface area contributed by atoms with Gasteiger partial charge in [0.25, 0.3) is 0 Å².